The minimum Gasteiger partial charge on any atom is -0.373 e. The van der Waals surface area contributed by atoms with Crippen LogP contribution >= 0.6 is 0 Å². The van der Waals surface area contributed by atoms with Crippen molar-refractivity contribution in [3.05, 3.63) is 34.9 Å². The molecule has 3 heteroatoms. The van der Waals surface area contributed by atoms with Crippen LogP contribution in [0.1, 0.15) is 21.5 Å². The maximum absolute atomic E-state index is 11.2. The zero-order chi connectivity index (χ0) is 10.1. The molecule has 3 nitrogen and oxygen atoms in total. The average Bonchev–Trinajstić information content (AvgIpc) is 2.87. The summed E-state index contributed by atoms with van der Waals surface area (Å²) in [5.74, 6) is -0.348. The largest absolute Gasteiger partial charge is 0.373 e. The molecule has 0 aliphatic carbocycles. The van der Waals surface area contributed by atoms with Crippen molar-refractivity contribution in [1.82, 2.24) is 0 Å². The quantitative estimate of drug-likeness (QED) is 0.725. The van der Waals surface area contributed by atoms with E-state index in [1.54, 1.807) is 0 Å². The highest BCUT2D eigenvalue weighted by Crippen LogP contribution is 2.21. The Kier molecular flexibility index (Phi) is 2.25. The SMILES string of the molecule is Cc1cccc(CC2CO2)c1C(N)=O. The number of amides is 1. The van der Waals surface area contributed by atoms with Gasteiger partial charge in [0.2, 0.25) is 5.91 Å². The van der Waals surface area contributed by atoms with E-state index in [2.05, 4.69) is 0 Å². The standard InChI is InChI=1S/C11H13NO2/c1-7-3-2-4-8(5-9-6-14-9)10(7)11(12)13/h2-4,9H,5-6H2,1H3,(H2,12,13). The second-order valence-electron chi connectivity index (χ2n) is 3.63. The van der Waals surface area contributed by atoms with E-state index in [1.165, 1.54) is 0 Å². The lowest BCUT2D eigenvalue weighted by Crippen LogP contribution is -2.16. The van der Waals surface area contributed by atoms with Crippen LogP contribution < -0.4 is 5.73 Å². The minimum absolute atomic E-state index is 0.287. The second-order valence-corrected chi connectivity index (χ2v) is 3.63. The van der Waals surface area contributed by atoms with Crippen molar-refractivity contribution >= 4 is 5.91 Å². The smallest absolute Gasteiger partial charge is 0.249 e. The number of rotatable bonds is 3. The summed E-state index contributed by atoms with van der Waals surface area (Å²) in [5.41, 5.74) is 7.93. The fourth-order valence-corrected chi connectivity index (χ4v) is 1.68. The van der Waals surface area contributed by atoms with Crippen LogP contribution in [-0.2, 0) is 11.2 Å². The maximum Gasteiger partial charge on any atom is 0.249 e. The maximum atomic E-state index is 11.2. The molecular formula is C11H13NO2. The van der Waals surface area contributed by atoms with Gasteiger partial charge in [-0.05, 0) is 18.1 Å². The van der Waals surface area contributed by atoms with Crippen molar-refractivity contribution in [2.75, 3.05) is 6.61 Å². The third-order valence-electron chi connectivity index (χ3n) is 2.46. The number of hydrogen-bond acceptors (Lipinski definition) is 2. The number of epoxide rings is 1. The van der Waals surface area contributed by atoms with E-state index >= 15 is 0 Å². The third-order valence-corrected chi connectivity index (χ3v) is 2.46. The predicted octanol–water partition coefficient (Wildman–Crippen LogP) is 1.04. The Labute approximate surface area is 82.9 Å². The van der Waals surface area contributed by atoms with Gasteiger partial charge in [-0.3, -0.25) is 4.79 Å². The molecule has 0 radical (unpaired) electrons. The van der Waals surface area contributed by atoms with Crippen LogP contribution in [0.5, 0.6) is 0 Å². The Hall–Kier alpha value is -1.35. The molecular weight excluding hydrogens is 178 g/mol. The summed E-state index contributed by atoms with van der Waals surface area (Å²) in [4.78, 5) is 11.2. The van der Waals surface area contributed by atoms with Crippen molar-refractivity contribution in [3.63, 3.8) is 0 Å². The molecule has 1 aromatic carbocycles. The van der Waals surface area contributed by atoms with E-state index in [-0.39, 0.29) is 12.0 Å². The van der Waals surface area contributed by atoms with Gasteiger partial charge in [0.15, 0.2) is 0 Å². The van der Waals surface area contributed by atoms with E-state index in [9.17, 15) is 4.79 Å². The van der Waals surface area contributed by atoms with Crippen molar-refractivity contribution < 1.29 is 9.53 Å². The summed E-state index contributed by atoms with van der Waals surface area (Å²) >= 11 is 0. The Bertz CT molecular complexity index is 370. The van der Waals surface area contributed by atoms with Gasteiger partial charge in [0, 0.05) is 12.0 Å². The second kappa shape index (κ2) is 3.42. The minimum atomic E-state index is -0.348. The van der Waals surface area contributed by atoms with Gasteiger partial charge in [-0.2, -0.15) is 0 Å². The highest BCUT2D eigenvalue weighted by molar-refractivity contribution is 5.95. The fraction of sp³-hybridized carbons (Fsp3) is 0.364. The zero-order valence-corrected chi connectivity index (χ0v) is 8.12. The molecule has 1 amide bonds. The van der Waals surface area contributed by atoms with Crippen LogP contribution in [0, 0.1) is 6.92 Å². The molecule has 1 saturated heterocycles. The van der Waals surface area contributed by atoms with Gasteiger partial charge < -0.3 is 10.5 Å². The zero-order valence-electron chi connectivity index (χ0n) is 8.12. The number of primary amides is 1. The Morgan fingerprint density at radius 2 is 2.36 bits per heavy atom. The molecule has 1 fully saturated rings. The molecule has 0 aromatic heterocycles. The van der Waals surface area contributed by atoms with Gasteiger partial charge in [0.25, 0.3) is 0 Å². The normalized spacial score (nSPS) is 19.4. The first-order chi connectivity index (χ1) is 6.68. The highest BCUT2D eigenvalue weighted by atomic mass is 16.6. The predicted molar refractivity (Wildman–Crippen MR) is 53.1 cm³/mol. The molecule has 1 aliphatic rings. The Balaban J connectivity index is 2.35. The van der Waals surface area contributed by atoms with Crippen LogP contribution in [-0.4, -0.2) is 18.6 Å². The highest BCUT2D eigenvalue weighted by Gasteiger charge is 2.24. The first-order valence-electron chi connectivity index (χ1n) is 4.68. The summed E-state index contributed by atoms with van der Waals surface area (Å²) in [6.45, 7) is 2.70. The molecule has 1 aromatic rings. The van der Waals surface area contributed by atoms with Gasteiger partial charge in [-0.1, -0.05) is 18.2 Å². The van der Waals surface area contributed by atoms with Crippen LogP contribution in [0.3, 0.4) is 0 Å². The van der Waals surface area contributed by atoms with Crippen LogP contribution in [0.15, 0.2) is 18.2 Å². The lowest BCUT2D eigenvalue weighted by atomic mass is 9.98. The van der Waals surface area contributed by atoms with Gasteiger partial charge in [0.05, 0.1) is 12.7 Å². The molecule has 1 heterocycles. The van der Waals surface area contributed by atoms with Gasteiger partial charge in [0.1, 0.15) is 0 Å². The lowest BCUT2D eigenvalue weighted by Gasteiger charge is -2.07. The summed E-state index contributed by atoms with van der Waals surface area (Å²) in [6.07, 6.45) is 1.08. The molecule has 1 unspecified atom stereocenters. The van der Waals surface area contributed by atoms with Crippen molar-refractivity contribution in [1.29, 1.82) is 0 Å². The first kappa shape index (κ1) is 9.21. The molecule has 0 bridgehead atoms. The number of benzene rings is 1. The van der Waals surface area contributed by atoms with Crippen LogP contribution in [0.4, 0.5) is 0 Å². The number of carbonyl (C=O) groups excluding carboxylic acids is 1. The van der Waals surface area contributed by atoms with Crippen molar-refractivity contribution in [2.24, 2.45) is 5.73 Å². The molecule has 0 saturated carbocycles. The van der Waals surface area contributed by atoms with E-state index in [4.69, 9.17) is 10.5 Å². The topological polar surface area (TPSA) is 55.6 Å². The number of nitrogens with two attached hydrogens (primary N) is 1. The van der Waals surface area contributed by atoms with E-state index < -0.39 is 0 Å². The van der Waals surface area contributed by atoms with E-state index in [0.717, 1.165) is 24.2 Å². The molecule has 14 heavy (non-hydrogen) atoms. The van der Waals surface area contributed by atoms with Gasteiger partial charge in [-0.25, -0.2) is 0 Å². The molecule has 0 spiro atoms. The first-order valence-corrected chi connectivity index (χ1v) is 4.68. The van der Waals surface area contributed by atoms with Crippen LogP contribution in [0.2, 0.25) is 0 Å². The summed E-state index contributed by atoms with van der Waals surface area (Å²) in [6, 6.07) is 5.78. The van der Waals surface area contributed by atoms with Gasteiger partial charge in [-0.15, -0.1) is 0 Å². The van der Waals surface area contributed by atoms with E-state index in [0.29, 0.717) is 5.56 Å². The summed E-state index contributed by atoms with van der Waals surface area (Å²) in [7, 11) is 0. The number of ether oxygens (including phenoxy) is 1. The molecule has 2 rings (SSSR count). The fourth-order valence-electron chi connectivity index (χ4n) is 1.68. The number of carbonyl (C=O) groups is 1. The molecule has 74 valence electrons. The van der Waals surface area contributed by atoms with Crippen LogP contribution in [0.25, 0.3) is 0 Å². The third kappa shape index (κ3) is 1.77. The molecule has 1 atom stereocenters. The average molecular weight is 191 g/mol. The van der Waals surface area contributed by atoms with E-state index in [1.807, 2.05) is 25.1 Å². The van der Waals surface area contributed by atoms with Gasteiger partial charge >= 0.3 is 0 Å². The molecule has 2 N–H and O–H groups in total. The number of aryl methyl sites for hydroxylation is 1. The van der Waals surface area contributed by atoms with Crippen molar-refractivity contribution in [2.45, 2.75) is 19.4 Å². The number of hydrogen-bond donors (Lipinski definition) is 1. The monoisotopic (exact) mass is 191 g/mol. The lowest BCUT2D eigenvalue weighted by molar-refractivity contribution is 0.0999. The Morgan fingerprint density at radius 3 is 2.93 bits per heavy atom. The summed E-state index contributed by atoms with van der Waals surface area (Å²) < 4.78 is 5.13. The molecule has 1 aliphatic heterocycles. The Morgan fingerprint density at radius 1 is 1.64 bits per heavy atom. The summed E-state index contributed by atoms with van der Waals surface area (Å²) in [5, 5.41) is 0. The van der Waals surface area contributed by atoms with Crippen molar-refractivity contribution in [3.8, 4) is 0 Å².